The molecule has 5 heteroatoms. The fraction of sp³-hybridized carbons (Fsp3) is 0.875. The van der Waals surface area contributed by atoms with E-state index in [-0.39, 0.29) is 17.5 Å². The number of nitrogens with two attached hydrogens (primary N) is 1. The maximum Gasteiger partial charge on any atom is 0.155 e. The van der Waals surface area contributed by atoms with Crippen molar-refractivity contribution in [3.05, 3.63) is 0 Å². The molecular formula is C8H16N2O2S. The molecule has 1 heterocycles. The molecule has 1 unspecified atom stereocenters. The molecule has 0 spiro atoms. The van der Waals surface area contributed by atoms with E-state index in [0.29, 0.717) is 12.8 Å². The van der Waals surface area contributed by atoms with Crippen LogP contribution in [0.5, 0.6) is 0 Å². The average Bonchev–Trinajstić information content (AvgIpc) is 2.11. The summed E-state index contributed by atoms with van der Waals surface area (Å²) in [7, 11) is -2.97. The molecule has 1 rings (SSSR count). The minimum atomic E-state index is -2.97. The van der Waals surface area contributed by atoms with E-state index in [4.69, 9.17) is 11.1 Å². The van der Waals surface area contributed by atoms with Crippen molar-refractivity contribution in [2.45, 2.75) is 31.4 Å². The highest BCUT2D eigenvalue weighted by Gasteiger charge is 2.47. The molecule has 1 aliphatic rings. The Morgan fingerprint density at radius 2 is 2.15 bits per heavy atom. The van der Waals surface area contributed by atoms with Crippen LogP contribution < -0.4 is 5.73 Å². The van der Waals surface area contributed by atoms with Gasteiger partial charge in [0.05, 0.1) is 16.3 Å². The third kappa shape index (κ3) is 1.70. The Labute approximate surface area is 78.9 Å². The van der Waals surface area contributed by atoms with Crippen LogP contribution in [0, 0.1) is 11.3 Å². The van der Waals surface area contributed by atoms with Gasteiger partial charge in [-0.25, -0.2) is 8.42 Å². The SMILES string of the molecule is CC1(C)C(CC(=N)N)CCS1(=O)=O. The monoisotopic (exact) mass is 204 g/mol. The van der Waals surface area contributed by atoms with Crippen molar-refractivity contribution in [3.63, 3.8) is 0 Å². The predicted octanol–water partition coefficient (Wildman–Crippen LogP) is 0.526. The summed E-state index contributed by atoms with van der Waals surface area (Å²) >= 11 is 0. The summed E-state index contributed by atoms with van der Waals surface area (Å²) in [6.07, 6.45) is 1.03. The number of rotatable bonds is 2. The first-order valence-electron chi connectivity index (χ1n) is 4.32. The Balaban J connectivity index is 2.89. The van der Waals surface area contributed by atoms with Gasteiger partial charge in [-0.1, -0.05) is 0 Å². The number of hydrogen-bond donors (Lipinski definition) is 2. The second-order valence-corrected chi connectivity index (χ2v) is 6.83. The lowest BCUT2D eigenvalue weighted by atomic mass is 9.89. The highest BCUT2D eigenvalue weighted by Crippen LogP contribution is 2.38. The van der Waals surface area contributed by atoms with E-state index in [1.165, 1.54) is 0 Å². The van der Waals surface area contributed by atoms with E-state index in [1.54, 1.807) is 13.8 Å². The lowest BCUT2D eigenvalue weighted by Gasteiger charge is -2.24. The molecule has 3 N–H and O–H groups in total. The molecular weight excluding hydrogens is 188 g/mol. The first-order chi connectivity index (χ1) is 5.77. The van der Waals surface area contributed by atoms with E-state index in [1.807, 2.05) is 0 Å². The first-order valence-corrected chi connectivity index (χ1v) is 5.98. The van der Waals surface area contributed by atoms with E-state index < -0.39 is 14.6 Å². The van der Waals surface area contributed by atoms with Crippen molar-refractivity contribution >= 4 is 15.7 Å². The van der Waals surface area contributed by atoms with Crippen molar-refractivity contribution in [1.29, 1.82) is 5.41 Å². The highest BCUT2D eigenvalue weighted by atomic mass is 32.2. The molecule has 0 aromatic carbocycles. The lowest BCUT2D eigenvalue weighted by molar-refractivity contribution is 0.433. The fourth-order valence-electron chi connectivity index (χ4n) is 1.78. The van der Waals surface area contributed by atoms with Gasteiger partial charge in [-0.2, -0.15) is 0 Å². The zero-order valence-electron chi connectivity index (χ0n) is 8.00. The minimum absolute atomic E-state index is 0.00926. The summed E-state index contributed by atoms with van der Waals surface area (Å²) in [5.74, 6) is 0.322. The van der Waals surface area contributed by atoms with Gasteiger partial charge in [0.25, 0.3) is 0 Å². The summed E-state index contributed by atoms with van der Waals surface area (Å²) in [5.41, 5.74) is 5.27. The van der Waals surface area contributed by atoms with E-state index >= 15 is 0 Å². The Kier molecular flexibility index (Phi) is 2.40. The Morgan fingerprint density at radius 1 is 1.62 bits per heavy atom. The number of nitrogens with one attached hydrogen (secondary N) is 1. The van der Waals surface area contributed by atoms with Gasteiger partial charge in [0.2, 0.25) is 0 Å². The molecule has 1 aliphatic heterocycles. The number of sulfone groups is 1. The van der Waals surface area contributed by atoms with Gasteiger partial charge < -0.3 is 5.73 Å². The third-order valence-corrected chi connectivity index (χ3v) is 5.70. The van der Waals surface area contributed by atoms with Crippen molar-refractivity contribution in [3.8, 4) is 0 Å². The zero-order chi connectivity index (χ0) is 10.3. The van der Waals surface area contributed by atoms with Crippen LogP contribution in [0.1, 0.15) is 26.7 Å². The van der Waals surface area contributed by atoms with Crippen molar-refractivity contribution < 1.29 is 8.42 Å². The Morgan fingerprint density at radius 3 is 2.46 bits per heavy atom. The van der Waals surface area contributed by atoms with Crippen molar-refractivity contribution in [2.75, 3.05) is 5.75 Å². The van der Waals surface area contributed by atoms with Crippen LogP contribution in [0.15, 0.2) is 0 Å². The molecule has 0 amide bonds. The largest absolute Gasteiger partial charge is 0.388 e. The molecule has 0 bridgehead atoms. The van der Waals surface area contributed by atoms with Crippen LogP contribution in [-0.2, 0) is 9.84 Å². The second-order valence-electron chi connectivity index (χ2n) is 4.14. The maximum atomic E-state index is 11.6. The molecule has 0 aromatic heterocycles. The summed E-state index contributed by atoms with van der Waals surface area (Å²) in [6.45, 7) is 3.45. The number of amidine groups is 1. The van der Waals surface area contributed by atoms with Gasteiger partial charge in [0.15, 0.2) is 9.84 Å². The first kappa shape index (κ1) is 10.5. The molecule has 1 atom stereocenters. The number of hydrogen-bond acceptors (Lipinski definition) is 3. The Bertz CT molecular complexity index is 319. The molecule has 0 aromatic rings. The topological polar surface area (TPSA) is 84.0 Å². The van der Waals surface area contributed by atoms with E-state index in [9.17, 15) is 8.42 Å². The molecule has 1 saturated heterocycles. The Hall–Kier alpha value is -0.580. The minimum Gasteiger partial charge on any atom is -0.388 e. The summed E-state index contributed by atoms with van der Waals surface area (Å²) < 4.78 is 22.4. The molecule has 0 saturated carbocycles. The molecule has 4 nitrogen and oxygen atoms in total. The van der Waals surface area contributed by atoms with Gasteiger partial charge in [-0.15, -0.1) is 0 Å². The van der Waals surface area contributed by atoms with Gasteiger partial charge in [-0.3, -0.25) is 5.41 Å². The van der Waals surface area contributed by atoms with Crippen molar-refractivity contribution in [1.82, 2.24) is 0 Å². The highest BCUT2D eigenvalue weighted by molar-refractivity contribution is 7.93. The van der Waals surface area contributed by atoms with E-state index in [2.05, 4.69) is 0 Å². The van der Waals surface area contributed by atoms with Crippen LogP contribution in [0.25, 0.3) is 0 Å². The fourth-order valence-corrected chi connectivity index (χ4v) is 3.61. The van der Waals surface area contributed by atoms with Crippen LogP contribution in [0.3, 0.4) is 0 Å². The zero-order valence-corrected chi connectivity index (χ0v) is 8.82. The van der Waals surface area contributed by atoms with Gasteiger partial charge in [0, 0.05) is 6.42 Å². The van der Waals surface area contributed by atoms with Gasteiger partial charge in [-0.05, 0) is 26.2 Å². The van der Waals surface area contributed by atoms with Crippen LogP contribution in [0.4, 0.5) is 0 Å². The van der Waals surface area contributed by atoms with Crippen molar-refractivity contribution in [2.24, 2.45) is 11.7 Å². The molecule has 1 fully saturated rings. The average molecular weight is 204 g/mol. The van der Waals surface area contributed by atoms with Crippen LogP contribution in [0.2, 0.25) is 0 Å². The molecule has 13 heavy (non-hydrogen) atoms. The summed E-state index contributed by atoms with van der Waals surface area (Å²) in [4.78, 5) is 0. The van der Waals surface area contributed by atoms with Crippen LogP contribution >= 0.6 is 0 Å². The summed E-state index contributed by atoms with van der Waals surface area (Å²) in [5, 5.41) is 7.15. The molecule has 0 aliphatic carbocycles. The third-order valence-electron chi connectivity index (χ3n) is 2.99. The van der Waals surface area contributed by atoms with Gasteiger partial charge in [0.1, 0.15) is 0 Å². The lowest BCUT2D eigenvalue weighted by Crippen LogP contribution is -2.35. The maximum absolute atomic E-state index is 11.6. The van der Waals surface area contributed by atoms with E-state index in [0.717, 1.165) is 0 Å². The molecule has 76 valence electrons. The van der Waals surface area contributed by atoms with Crippen LogP contribution in [-0.4, -0.2) is 24.8 Å². The second kappa shape index (κ2) is 2.97. The predicted molar refractivity (Wildman–Crippen MR) is 52.5 cm³/mol. The summed E-state index contributed by atoms with van der Waals surface area (Å²) in [6, 6.07) is 0. The normalized spacial score (nSPS) is 30.2. The smallest absolute Gasteiger partial charge is 0.155 e. The van der Waals surface area contributed by atoms with Gasteiger partial charge >= 0.3 is 0 Å². The molecule has 0 radical (unpaired) electrons. The quantitative estimate of drug-likeness (QED) is 0.508. The standard InChI is InChI=1S/C8H16N2O2S/c1-8(2)6(5-7(9)10)3-4-13(8,11)12/h6H,3-5H2,1-2H3,(H3,9,10).